The number of aromatic amines is 1. The molecule has 1 saturated heterocycles. The van der Waals surface area contributed by atoms with Crippen LogP contribution in [0.1, 0.15) is 23.2 Å². The van der Waals surface area contributed by atoms with E-state index in [4.69, 9.17) is 4.74 Å². The lowest BCUT2D eigenvalue weighted by Crippen LogP contribution is -2.41. The molecule has 5 nitrogen and oxygen atoms in total. The van der Waals surface area contributed by atoms with Crippen molar-refractivity contribution < 1.29 is 9.53 Å². The van der Waals surface area contributed by atoms with Gasteiger partial charge in [0.05, 0.1) is 17.4 Å². The Balaban J connectivity index is 1.39. The molecule has 1 N–H and O–H groups in total. The van der Waals surface area contributed by atoms with Gasteiger partial charge in [0.15, 0.2) is 0 Å². The number of aromatic nitrogens is 2. The highest BCUT2D eigenvalue weighted by molar-refractivity contribution is 5.97. The van der Waals surface area contributed by atoms with Crippen molar-refractivity contribution in [2.24, 2.45) is 0 Å². The summed E-state index contributed by atoms with van der Waals surface area (Å²) in [4.78, 5) is 21.8. The van der Waals surface area contributed by atoms with Gasteiger partial charge in [-0.3, -0.25) is 4.79 Å². The van der Waals surface area contributed by atoms with Crippen LogP contribution in [-0.4, -0.2) is 40.0 Å². The van der Waals surface area contributed by atoms with Crippen molar-refractivity contribution in [1.82, 2.24) is 14.9 Å². The van der Waals surface area contributed by atoms with Crippen LogP contribution in [0.2, 0.25) is 0 Å². The van der Waals surface area contributed by atoms with Crippen LogP contribution < -0.4 is 4.74 Å². The van der Waals surface area contributed by atoms with Gasteiger partial charge in [0.2, 0.25) is 0 Å². The summed E-state index contributed by atoms with van der Waals surface area (Å²) in [6.45, 7) is 1.44. The number of benzene rings is 2. The second-order valence-electron chi connectivity index (χ2n) is 6.06. The van der Waals surface area contributed by atoms with E-state index >= 15 is 0 Å². The van der Waals surface area contributed by atoms with Crippen LogP contribution in [0.4, 0.5) is 0 Å². The van der Waals surface area contributed by atoms with Gasteiger partial charge in [-0.05, 0) is 30.3 Å². The third-order valence-electron chi connectivity index (χ3n) is 4.44. The molecule has 4 rings (SSSR count). The maximum Gasteiger partial charge on any atom is 0.253 e. The first-order valence-corrected chi connectivity index (χ1v) is 8.24. The van der Waals surface area contributed by atoms with E-state index in [2.05, 4.69) is 9.97 Å². The topological polar surface area (TPSA) is 58.2 Å². The van der Waals surface area contributed by atoms with Gasteiger partial charge in [-0.2, -0.15) is 0 Å². The summed E-state index contributed by atoms with van der Waals surface area (Å²) < 4.78 is 5.99. The lowest BCUT2D eigenvalue weighted by atomic mass is 10.1. The summed E-state index contributed by atoms with van der Waals surface area (Å²) >= 11 is 0. The van der Waals surface area contributed by atoms with E-state index in [1.165, 1.54) is 0 Å². The minimum absolute atomic E-state index is 0.0738. The van der Waals surface area contributed by atoms with E-state index in [0.29, 0.717) is 5.56 Å². The molecule has 0 unspecified atom stereocenters. The van der Waals surface area contributed by atoms with Crippen LogP contribution in [0.3, 0.4) is 0 Å². The minimum atomic E-state index is 0.0738. The van der Waals surface area contributed by atoms with E-state index in [9.17, 15) is 4.79 Å². The first-order valence-electron chi connectivity index (χ1n) is 8.24. The number of likely N-dealkylation sites (tertiary alicyclic amines) is 1. The first-order chi connectivity index (χ1) is 11.8. The number of nitrogens with zero attached hydrogens (tertiary/aromatic N) is 2. The second-order valence-corrected chi connectivity index (χ2v) is 6.06. The fourth-order valence-electron chi connectivity index (χ4n) is 3.12. The molecule has 1 amide bonds. The number of nitrogens with one attached hydrogen (secondary N) is 1. The smallest absolute Gasteiger partial charge is 0.253 e. The van der Waals surface area contributed by atoms with Crippen molar-refractivity contribution in [2.45, 2.75) is 18.9 Å². The van der Waals surface area contributed by atoms with E-state index in [1.807, 2.05) is 53.4 Å². The summed E-state index contributed by atoms with van der Waals surface area (Å²) in [6, 6.07) is 15.5. The van der Waals surface area contributed by atoms with E-state index in [1.54, 1.807) is 6.33 Å². The molecular formula is C19H19N3O2. The Hall–Kier alpha value is -2.82. The van der Waals surface area contributed by atoms with Crippen LogP contribution >= 0.6 is 0 Å². The molecule has 2 heterocycles. The molecule has 0 spiro atoms. The van der Waals surface area contributed by atoms with Gasteiger partial charge in [-0.25, -0.2) is 4.98 Å². The molecule has 0 atom stereocenters. The lowest BCUT2D eigenvalue weighted by Gasteiger charge is -2.32. The molecular weight excluding hydrogens is 302 g/mol. The number of imidazole rings is 1. The zero-order valence-corrected chi connectivity index (χ0v) is 13.3. The Morgan fingerprint density at radius 3 is 2.71 bits per heavy atom. The standard InChI is InChI=1S/C19H19N3O2/c23-19(14-6-7-17-18(12-14)21-13-20-17)22-10-8-16(9-11-22)24-15-4-2-1-3-5-15/h1-7,12-13,16H,8-11H2,(H,20,21). The number of hydrogen-bond donors (Lipinski definition) is 1. The van der Waals surface area contributed by atoms with Crippen LogP contribution in [0, 0.1) is 0 Å². The van der Waals surface area contributed by atoms with Crippen molar-refractivity contribution in [3.63, 3.8) is 0 Å². The fourth-order valence-corrected chi connectivity index (χ4v) is 3.12. The molecule has 0 saturated carbocycles. The number of piperidine rings is 1. The van der Waals surface area contributed by atoms with Crippen molar-refractivity contribution in [3.8, 4) is 5.75 Å². The highest BCUT2D eigenvalue weighted by Gasteiger charge is 2.24. The molecule has 3 aromatic rings. The average Bonchev–Trinajstić information content (AvgIpc) is 3.10. The van der Waals surface area contributed by atoms with Crippen molar-refractivity contribution in [3.05, 3.63) is 60.4 Å². The molecule has 5 heteroatoms. The van der Waals surface area contributed by atoms with E-state index in [0.717, 1.165) is 42.7 Å². The SMILES string of the molecule is O=C(c1ccc2nc[nH]c2c1)N1CCC(Oc2ccccc2)CC1. The number of amides is 1. The quantitative estimate of drug-likeness (QED) is 0.805. The van der Waals surface area contributed by atoms with Gasteiger partial charge < -0.3 is 14.6 Å². The zero-order chi connectivity index (χ0) is 16.4. The van der Waals surface area contributed by atoms with Gasteiger partial charge in [0, 0.05) is 31.5 Å². The van der Waals surface area contributed by atoms with Crippen molar-refractivity contribution in [1.29, 1.82) is 0 Å². The summed E-state index contributed by atoms with van der Waals surface area (Å²) in [6.07, 6.45) is 3.53. The predicted molar refractivity (Wildman–Crippen MR) is 92.1 cm³/mol. The number of ether oxygens (including phenoxy) is 1. The maximum atomic E-state index is 12.7. The molecule has 122 valence electrons. The number of rotatable bonds is 3. The maximum absolute atomic E-state index is 12.7. The normalized spacial score (nSPS) is 15.6. The van der Waals surface area contributed by atoms with Crippen LogP contribution in [0.25, 0.3) is 11.0 Å². The Morgan fingerprint density at radius 1 is 1.12 bits per heavy atom. The third kappa shape index (κ3) is 2.97. The molecule has 1 aliphatic rings. The number of carbonyl (C=O) groups is 1. The number of fused-ring (bicyclic) bond motifs is 1. The number of hydrogen-bond acceptors (Lipinski definition) is 3. The predicted octanol–water partition coefficient (Wildman–Crippen LogP) is 3.25. The fraction of sp³-hybridized carbons (Fsp3) is 0.263. The highest BCUT2D eigenvalue weighted by Crippen LogP contribution is 2.21. The Labute approximate surface area is 140 Å². The molecule has 1 aliphatic heterocycles. The Morgan fingerprint density at radius 2 is 1.92 bits per heavy atom. The third-order valence-corrected chi connectivity index (χ3v) is 4.44. The molecule has 0 radical (unpaired) electrons. The van der Waals surface area contributed by atoms with Gasteiger partial charge >= 0.3 is 0 Å². The van der Waals surface area contributed by atoms with E-state index < -0.39 is 0 Å². The largest absolute Gasteiger partial charge is 0.490 e. The van der Waals surface area contributed by atoms with Gasteiger partial charge in [0.25, 0.3) is 5.91 Å². The van der Waals surface area contributed by atoms with Gasteiger partial charge in [0.1, 0.15) is 11.9 Å². The van der Waals surface area contributed by atoms with Gasteiger partial charge in [-0.15, -0.1) is 0 Å². The number of para-hydroxylation sites is 1. The van der Waals surface area contributed by atoms with E-state index in [-0.39, 0.29) is 12.0 Å². The average molecular weight is 321 g/mol. The molecule has 2 aromatic carbocycles. The zero-order valence-electron chi connectivity index (χ0n) is 13.3. The Bertz CT molecular complexity index is 836. The van der Waals surface area contributed by atoms with Crippen molar-refractivity contribution >= 4 is 16.9 Å². The molecule has 0 aliphatic carbocycles. The number of H-pyrrole nitrogens is 1. The summed E-state index contributed by atoms with van der Waals surface area (Å²) in [7, 11) is 0. The number of carbonyl (C=O) groups excluding carboxylic acids is 1. The minimum Gasteiger partial charge on any atom is -0.490 e. The second kappa shape index (κ2) is 6.35. The monoisotopic (exact) mass is 321 g/mol. The van der Waals surface area contributed by atoms with Crippen molar-refractivity contribution in [2.75, 3.05) is 13.1 Å². The van der Waals surface area contributed by atoms with Gasteiger partial charge in [-0.1, -0.05) is 18.2 Å². The summed E-state index contributed by atoms with van der Waals surface area (Å²) in [5.41, 5.74) is 2.47. The molecule has 1 aromatic heterocycles. The molecule has 0 bridgehead atoms. The summed E-state index contributed by atoms with van der Waals surface area (Å²) in [5, 5.41) is 0. The van der Waals surface area contributed by atoms with Crippen LogP contribution in [0.5, 0.6) is 5.75 Å². The summed E-state index contributed by atoms with van der Waals surface area (Å²) in [5.74, 6) is 0.969. The van der Waals surface area contributed by atoms with Crippen LogP contribution in [-0.2, 0) is 0 Å². The molecule has 24 heavy (non-hydrogen) atoms. The van der Waals surface area contributed by atoms with Crippen LogP contribution in [0.15, 0.2) is 54.9 Å². The molecule has 1 fully saturated rings. The lowest BCUT2D eigenvalue weighted by molar-refractivity contribution is 0.0595. The Kier molecular flexibility index (Phi) is 3.91. The first kappa shape index (κ1) is 14.8. The highest BCUT2D eigenvalue weighted by atomic mass is 16.5.